The average Bonchev–Trinajstić information content (AvgIpc) is 3.00. The quantitative estimate of drug-likeness (QED) is 0.502. The second kappa shape index (κ2) is 5.84. The van der Waals surface area contributed by atoms with Crippen LogP contribution >= 0.6 is 11.6 Å². The monoisotopic (exact) mass is 318 g/mol. The van der Waals surface area contributed by atoms with Crippen molar-refractivity contribution in [2.24, 2.45) is 18.1 Å². The Bertz CT molecular complexity index is 711. The molecule has 1 aliphatic rings. The average molecular weight is 319 g/mol. The van der Waals surface area contributed by atoms with E-state index in [1.165, 1.54) is 0 Å². The van der Waals surface area contributed by atoms with E-state index in [1.807, 2.05) is 35.9 Å². The first-order chi connectivity index (χ1) is 10.6. The third-order valence-corrected chi connectivity index (χ3v) is 5.16. The Balaban J connectivity index is 1.92. The largest absolute Gasteiger partial charge is 0.384 e. The summed E-state index contributed by atoms with van der Waals surface area (Å²) in [6, 6.07) is 7.93. The van der Waals surface area contributed by atoms with Crippen LogP contribution in [-0.2, 0) is 12.6 Å². The fourth-order valence-electron chi connectivity index (χ4n) is 3.73. The summed E-state index contributed by atoms with van der Waals surface area (Å²) in [5.74, 6) is 0.365. The van der Waals surface area contributed by atoms with Crippen molar-refractivity contribution >= 4 is 22.5 Å². The SMILES string of the molecule is Cn1c(C2(O)CCC(CCN=[N+]=[N-])C2)c(Cl)c2ccccc21. The molecule has 22 heavy (non-hydrogen) atoms. The number of nitrogens with zero attached hydrogens (tertiary/aromatic N) is 4. The number of aliphatic hydroxyl groups is 1. The van der Waals surface area contributed by atoms with E-state index in [-0.39, 0.29) is 0 Å². The molecule has 3 rings (SSSR count). The molecule has 2 unspecified atom stereocenters. The number of aromatic nitrogens is 1. The minimum Gasteiger partial charge on any atom is -0.384 e. The van der Waals surface area contributed by atoms with Gasteiger partial charge in [0, 0.05) is 29.4 Å². The number of hydrogen-bond donors (Lipinski definition) is 1. The molecule has 1 heterocycles. The van der Waals surface area contributed by atoms with Gasteiger partial charge in [-0.2, -0.15) is 0 Å². The fourth-order valence-corrected chi connectivity index (χ4v) is 4.20. The maximum absolute atomic E-state index is 11.1. The molecule has 116 valence electrons. The molecule has 1 N–H and O–H groups in total. The molecule has 0 amide bonds. The highest BCUT2D eigenvalue weighted by Gasteiger charge is 2.42. The molecule has 1 aromatic carbocycles. The number of aryl methyl sites for hydroxylation is 1. The molecular weight excluding hydrogens is 300 g/mol. The Kier molecular flexibility index (Phi) is 4.04. The summed E-state index contributed by atoms with van der Waals surface area (Å²) < 4.78 is 2.01. The molecule has 0 aliphatic heterocycles. The van der Waals surface area contributed by atoms with Gasteiger partial charge in [0.2, 0.25) is 0 Å². The lowest BCUT2D eigenvalue weighted by Gasteiger charge is -2.25. The van der Waals surface area contributed by atoms with Gasteiger partial charge in [-0.15, -0.1) is 0 Å². The molecule has 5 nitrogen and oxygen atoms in total. The molecule has 1 aliphatic carbocycles. The van der Waals surface area contributed by atoms with Gasteiger partial charge in [-0.05, 0) is 43.2 Å². The van der Waals surface area contributed by atoms with Gasteiger partial charge in [-0.3, -0.25) is 0 Å². The Morgan fingerprint density at radius 2 is 2.27 bits per heavy atom. The number of benzene rings is 1. The smallest absolute Gasteiger partial charge is 0.106 e. The Labute approximate surface area is 134 Å². The minimum absolute atomic E-state index is 0.365. The lowest BCUT2D eigenvalue weighted by atomic mass is 9.94. The van der Waals surface area contributed by atoms with Gasteiger partial charge in [0.05, 0.1) is 10.7 Å². The Hall–Kier alpha value is -1.68. The first-order valence-electron chi connectivity index (χ1n) is 7.53. The third-order valence-electron chi connectivity index (χ3n) is 4.78. The highest BCUT2D eigenvalue weighted by molar-refractivity contribution is 6.36. The standard InChI is InChI=1S/C16H19ClN4O/c1-21-13-5-3-2-4-12(13)14(17)15(21)16(22)8-6-11(10-16)7-9-19-20-18/h2-5,11,22H,6-10H2,1H3. The highest BCUT2D eigenvalue weighted by atomic mass is 35.5. The lowest BCUT2D eigenvalue weighted by Crippen LogP contribution is -2.25. The van der Waals surface area contributed by atoms with Crippen LogP contribution in [0.1, 0.15) is 31.4 Å². The van der Waals surface area contributed by atoms with Gasteiger partial charge in [0.25, 0.3) is 0 Å². The first-order valence-corrected chi connectivity index (χ1v) is 7.91. The molecule has 1 aromatic heterocycles. The second-order valence-corrected chi connectivity index (χ2v) is 6.50. The predicted octanol–water partition coefficient (Wildman–Crippen LogP) is 4.52. The van der Waals surface area contributed by atoms with E-state index < -0.39 is 5.60 Å². The van der Waals surface area contributed by atoms with Crippen LogP contribution in [0.2, 0.25) is 5.02 Å². The van der Waals surface area contributed by atoms with E-state index in [9.17, 15) is 5.11 Å². The van der Waals surface area contributed by atoms with Crippen molar-refractivity contribution in [3.05, 3.63) is 45.4 Å². The summed E-state index contributed by atoms with van der Waals surface area (Å²) in [6.45, 7) is 0.486. The molecule has 2 atom stereocenters. The summed E-state index contributed by atoms with van der Waals surface area (Å²) >= 11 is 6.56. The number of rotatable bonds is 4. The van der Waals surface area contributed by atoms with Crippen LogP contribution in [0.5, 0.6) is 0 Å². The summed E-state index contributed by atoms with van der Waals surface area (Å²) in [5, 5.41) is 16.4. The van der Waals surface area contributed by atoms with Gasteiger partial charge >= 0.3 is 0 Å². The molecule has 1 saturated carbocycles. The van der Waals surface area contributed by atoms with Crippen LogP contribution in [0.3, 0.4) is 0 Å². The second-order valence-electron chi connectivity index (χ2n) is 6.12. The molecular formula is C16H19ClN4O. The zero-order valence-corrected chi connectivity index (χ0v) is 13.3. The lowest BCUT2D eigenvalue weighted by molar-refractivity contribution is 0.0330. The zero-order chi connectivity index (χ0) is 15.7. The number of para-hydroxylation sites is 1. The number of azide groups is 1. The van der Waals surface area contributed by atoms with E-state index >= 15 is 0 Å². The van der Waals surface area contributed by atoms with Crippen molar-refractivity contribution in [2.45, 2.75) is 31.3 Å². The number of halogens is 1. The maximum atomic E-state index is 11.1. The van der Waals surface area contributed by atoms with Gasteiger partial charge < -0.3 is 9.67 Å². The van der Waals surface area contributed by atoms with Gasteiger partial charge in [-0.1, -0.05) is 34.9 Å². The van der Waals surface area contributed by atoms with E-state index in [0.717, 1.165) is 29.4 Å². The van der Waals surface area contributed by atoms with Crippen molar-refractivity contribution in [1.82, 2.24) is 4.57 Å². The minimum atomic E-state index is -0.897. The van der Waals surface area contributed by atoms with Crippen LogP contribution in [-0.4, -0.2) is 16.2 Å². The van der Waals surface area contributed by atoms with Crippen molar-refractivity contribution in [3.63, 3.8) is 0 Å². The predicted molar refractivity (Wildman–Crippen MR) is 87.8 cm³/mol. The van der Waals surface area contributed by atoms with Crippen molar-refractivity contribution in [1.29, 1.82) is 0 Å². The normalized spacial score (nSPS) is 24.6. The van der Waals surface area contributed by atoms with E-state index in [2.05, 4.69) is 10.0 Å². The van der Waals surface area contributed by atoms with Gasteiger partial charge in [0.15, 0.2) is 0 Å². The summed E-state index contributed by atoms with van der Waals surface area (Å²) in [6.07, 6.45) is 3.10. The van der Waals surface area contributed by atoms with Crippen LogP contribution in [0.25, 0.3) is 21.3 Å². The zero-order valence-electron chi connectivity index (χ0n) is 12.5. The molecule has 0 bridgehead atoms. The first kappa shape index (κ1) is 15.2. The summed E-state index contributed by atoms with van der Waals surface area (Å²) in [5.41, 5.74) is 9.31. The van der Waals surface area contributed by atoms with Crippen molar-refractivity contribution in [3.8, 4) is 0 Å². The molecule has 1 fully saturated rings. The van der Waals surface area contributed by atoms with E-state index in [1.54, 1.807) is 0 Å². The molecule has 0 saturated heterocycles. The molecule has 0 spiro atoms. The number of hydrogen-bond acceptors (Lipinski definition) is 2. The fraction of sp³-hybridized carbons (Fsp3) is 0.500. The molecule has 2 aromatic rings. The number of fused-ring (bicyclic) bond motifs is 1. The van der Waals surface area contributed by atoms with Gasteiger partial charge in [-0.25, -0.2) is 0 Å². The van der Waals surface area contributed by atoms with E-state index in [4.69, 9.17) is 17.1 Å². The van der Waals surface area contributed by atoms with Gasteiger partial charge in [0.1, 0.15) is 5.60 Å². The third kappa shape index (κ3) is 2.45. The summed E-state index contributed by atoms with van der Waals surface area (Å²) in [7, 11) is 1.95. The van der Waals surface area contributed by atoms with Crippen molar-refractivity contribution in [2.75, 3.05) is 6.54 Å². The molecule has 6 heteroatoms. The summed E-state index contributed by atoms with van der Waals surface area (Å²) in [4.78, 5) is 2.79. The maximum Gasteiger partial charge on any atom is 0.106 e. The molecule has 0 radical (unpaired) electrons. The van der Waals surface area contributed by atoms with Crippen LogP contribution in [0.4, 0.5) is 0 Å². The van der Waals surface area contributed by atoms with Crippen LogP contribution < -0.4 is 0 Å². The Morgan fingerprint density at radius 1 is 1.50 bits per heavy atom. The topological polar surface area (TPSA) is 73.9 Å². The van der Waals surface area contributed by atoms with E-state index in [0.29, 0.717) is 30.3 Å². The van der Waals surface area contributed by atoms with Crippen LogP contribution in [0, 0.1) is 5.92 Å². The van der Waals surface area contributed by atoms with Crippen molar-refractivity contribution < 1.29 is 5.11 Å². The highest BCUT2D eigenvalue weighted by Crippen LogP contribution is 2.47. The Morgan fingerprint density at radius 3 is 3.00 bits per heavy atom. The van der Waals surface area contributed by atoms with Crippen LogP contribution in [0.15, 0.2) is 29.4 Å².